The number of para-hydroxylation sites is 1. The highest BCUT2D eigenvalue weighted by Crippen LogP contribution is 2.61. The summed E-state index contributed by atoms with van der Waals surface area (Å²) >= 11 is 0. The number of rotatable bonds is 10. The standard InChI is InChI=1S/C36H40FN3O7Si/c1-23-34(48(3,4)37)30(20-31(43)38(17-18-41)22-25-11-7-5-8-12-25)47-36(23)28-19-27(40-32(44)21-33(40)46-24(2)42)15-16-29(28)39(35(36)45)26-13-9-6-10-14-26/h5-16,19,23,30,33-34,41H,17-18,20-22H2,1-4H3/t23-,30+,33?,34-,36+/m0/s1. The lowest BCUT2D eigenvalue weighted by Gasteiger charge is -2.39. The van der Waals surface area contributed by atoms with E-state index in [1.807, 2.05) is 48.5 Å². The van der Waals surface area contributed by atoms with E-state index in [0.29, 0.717) is 22.6 Å². The average molecular weight is 674 g/mol. The van der Waals surface area contributed by atoms with Gasteiger partial charge in [0.05, 0.1) is 31.2 Å². The molecule has 0 saturated carbocycles. The first-order valence-corrected chi connectivity index (χ1v) is 19.1. The van der Waals surface area contributed by atoms with Crippen molar-refractivity contribution < 1.29 is 37.9 Å². The topological polar surface area (TPSA) is 117 Å². The van der Waals surface area contributed by atoms with Crippen LogP contribution in [0, 0.1) is 5.92 Å². The number of amides is 3. The summed E-state index contributed by atoms with van der Waals surface area (Å²) in [5.41, 5.74) is 0.452. The van der Waals surface area contributed by atoms with Gasteiger partial charge in [-0.25, -0.2) is 0 Å². The Morgan fingerprint density at radius 2 is 1.71 bits per heavy atom. The number of anilines is 3. The Kier molecular flexibility index (Phi) is 9.01. The quantitative estimate of drug-likeness (QED) is 0.137. The lowest BCUT2D eigenvalue weighted by atomic mass is 9.82. The van der Waals surface area contributed by atoms with Crippen LogP contribution in [0.5, 0.6) is 0 Å². The first-order chi connectivity index (χ1) is 22.9. The van der Waals surface area contributed by atoms with E-state index < -0.39 is 49.7 Å². The van der Waals surface area contributed by atoms with Gasteiger partial charge >= 0.3 is 5.97 Å². The number of benzene rings is 3. The van der Waals surface area contributed by atoms with Gasteiger partial charge in [-0.2, -0.15) is 0 Å². The van der Waals surface area contributed by atoms with E-state index in [9.17, 15) is 24.3 Å². The molecular weight excluding hydrogens is 633 g/mol. The summed E-state index contributed by atoms with van der Waals surface area (Å²) in [4.78, 5) is 57.7. The van der Waals surface area contributed by atoms with Gasteiger partial charge in [-0.05, 0) is 49.0 Å². The van der Waals surface area contributed by atoms with Crippen molar-refractivity contribution in [2.75, 3.05) is 23.0 Å². The van der Waals surface area contributed by atoms with Gasteiger partial charge in [-0.1, -0.05) is 55.5 Å². The second-order valence-corrected chi connectivity index (χ2v) is 17.0. The average Bonchev–Trinajstić information content (AvgIpc) is 3.47. The maximum Gasteiger partial charge on any atom is 0.304 e. The zero-order valence-corrected chi connectivity index (χ0v) is 28.5. The molecule has 2 saturated heterocycles. The molecule has 5 atom stereocenters. The molecule has 3 aromatic rings. The number of halogens is 1. The molecule has 1 unspecified atom stereocenters. The molecule has 48 heavy (non-hydrogen) atoms. The van der Waals surface area contributed by atoms with E-state index in [-0.39, 0.29) is 44.4 Å². The van der Waals surface area contributed by atoms with Crippen molar-refractivity contribution >= 4 is 49.2 Å². The predicted molar refractivity (Wildman–Crippen MR) is 179 cm³/mol. The molecule has 0 radical (unpaired) electrons. The molecule has 0 aromatic heterocycles. The minimum atomic E-state index is -3.60. The molecule has 3 amide bonds. The van der Waals surface area contributed by atoms with E-state index in [2.05, 4.69) is 0 Å². The second-order valence-electron chi connectivity index (χ2n) is 13.2. The van der Waals surface area contributed by atoms with E-state index in [1.165, 1.54) is 16.7 Å². The van der Waals surface area contributed by atoms with Crippen molar-refractivity contribution in [3.8, 4) is 0 Å². The summed E-state index contributed by atoms with van der Waals surface area (Å²) in [5, 5.41) is 9.79. The molecule has 0 bridgehead atoms. The number of hydrogen-bond donors (Lipinski definition) is 1. The van der Waals surface area contributed by atoms with E-state index >= 15 is 4.11 Å². The van der Waals surface area contributed by atoms with Crippen LogP contribution >= 0.6 is 0 Å². The molecular formula is C36H40FN3O7Si. The van der Waals surface area contributed by atoms with Crippen molar-refractivity contribution in [2.24, 2.45) is 5.92 Å². The molecule has 252 valence electrons. The van der Waals surface area contributed by atoms with Gasteiger partial charge in [-0.3, -0.25) is 29.0 Å². The van der Waals surface area contributed by atoms with Crippen LogP contribution in [0.2, 0.25) is 18.6 Å². The molecule has 3 heterocycles. The van der Waals surface area contributed by atoms with Crippen LogP contribution in [-0.4, -0.2) is 67.6 Å². The highest BCUT2D eigenvalue weighted by molar-refractivity contribution is 6.72. The largest absolute Gasteiger partial charge is 0.441 e. The van der Waals surface area contributed by atoms with Crippen molar-refractivity contribution in [3.63, 3.8) is 0 Å². The highest BCUT2D eigenvalue weighted by atomic mass is 28.4. The Morgan fingerprint density at radius 3 is 2.31 bits per heavy atom. The van der Waals surface area contributed by atoms with Crippen LogP contribution in [0.4, 0.5) is 21.2 Å². The Hall–Kier alpha value is -4.39. The fraction of sp³-hybridized carbons (Fsp3) is 0.389. The minimum Gasteiger partial charge on any atom is -0.441 e. The Morgan fingerprint density at radius 1 is 1.04 bits per heavy atom. The number of ether oxygens (including phenoxy) is 2. The summed E-state index contributed by atoms with van der Waals surface area (Å²) in [6.07, 6.45) is -1.88. The SMILES string of the molecule is CC(=O)OC1CC(=O)N1c1ccc2c(c1)[C@@]1(O[C@H](CC(=O)N(CCO)Cc3ccccc3)[C@@H]([Si](C)(C)F)[C@@H]1C)C(=O)N2c1ccccc1. The zero-order chi connectivity index (χ0) is 34.4. The molecule has 2 fully saturated rings. The minimum absolute atomic E-state index is 0.0327. The molecule has 0 aliphatic carbocycles. The lowest BCUT2D eigenvalue weighted by molar-refractivity contribution is -0.154. The Balaban J connectivity index is 1.42. The molecule has 12 heteroatoms. The fourth-order valence-corrected chi connectivity index (χ4v) is 10.1. The smallest absolute Gasteiger partial charge is 0.304 e. The van der Waals surface area contributed by atoms with Gasteiger partial charge in [-0.15, -0.1) is 0 Å². The van der Waals surface area contributed by atoms with E-state index in [4.69, 9.17) is 9.47 Å². The molecule has 3 aliphatic heterocycles. The van der Waals surface area contributed by atoms with Gasteiger partial charge in [0.15, 0.2) is 11.8 Å². The highest BCUT2D eigenvalue weighted by Gasteiger charge is 2.67. The van der Waals surface area contributed by atoms with Crippen LogP contribution in [0.15, 0.2) is 78.9 Å². The van der Waals surface area contributed by atoms with Crippen molar-refractivity contribution in [3.05, 3.63) is 90.0 Å². The Labute approximate surface area is 280 Å². The van der Waals surface area contributed by atoms with E-state index in [0.717, 1.165) is 5.56 Å². The number of aliphatic hydroxyl groups is 1. The number of aliphatic hydroxyl groups excluding tert-OH is 1. The summed E-state index contributed by atoms with van der Waals surface area (Å²) in [6, 6.07) is 23.6. The van der Waals surface area contributed by atoms with Gasteiger partial charge in [0.25, 0.3) is 5.91 Å². The number of fused-ring (bicyclic) bond motifs is 2. The number of hydrogen-bond acceptors (Lipinski definition) is 7. The third-order valence-electron chi connectivity index (χ3n) is 9.67. The Bertz CT molecular complexity index is 1720. The normalized spacial score (nSPS) is 24.9. The van der Waals surface area contributed by atoms with Gasteiger partial charge in [0, 0.05) is 48.4 Å². The molecule has 1 N–H and O–H groups in total. The van der Waals surface area contributed by atoms with Crippen molar-refractivity contribution in [1.82, 2.24) is 4.90 Å². The summed E-state index contributed by atoms with van der Waals surface area (Å²) in [5.74, 6) is -2.19. The van der Waals surface area contributed by atoms with Gasteiger partial charge in [0.2, 0.25) is 20.2 Å². The summed E-state index contributed by atoms with van der Waals surface area (Å²) < 4.78 is 28.6. The van der Waals surface area contributed by atoms with Crippen LogP contribution in [0.3, 0.4) is 0 Å². The molecule has 1 spiro atoms. The number of carbonyl (C=O) groups is 4. The van der Waals surface area contributed by atoms with Gasteiger partial charge in [0.1, 0.15) is 0 Å². The number of esters is 1. The molecule has 3 aliphatic rings. The maximum atomic E-state index is 16.5. The third kappa shape index (κ3) is 5.82. The third-order valence-corrected chi connectivity index (χ3v) is 12.1. The van der Waals surface area contributed by atoms with Crippen LogP contribution in [-0.2, 0) is 40.8 Å². The predicted octanol–water partition coefficient (Wildman–Crippen LogP) is 5.18. The monoisotopic (exact) mass is 673 g/mol. The van der Waals surface area contributed by atoms with E-state index in [1.54, 1.807) is 55.2 Å². The zero-order valence-electron chi connectivity index (χ0n) is 27.5. The maximum absolute atomic E-state index is 16.5. The van der Waals surface area contributed by atoms with Crippen LogP contribution < -0.4 is 9.80 Å². The number of carbonyl (C=O) groups excluding carboxylic acids is 4. The molecule has 10 nitrogen and oxygen atoms in total. The fourth-order valence-electron chi connectivity index (χ4n) is 7.64. The molecule has 6 rings (SSSR count). The summed E-state index contributed by atoms with van der Waals surface area (Å²) in [6.45, 7) is 6.31. The summed E-state index contributed by atoms with van der Waals surface area (Å²) in [7, 11) is -3.60. The number of nitrogens with zero attached hydrogens (tertiary/aromatic N) is 3. The second kappa shape index (κ2) is 12.9. The first-order valence-electron chi connectivity index (χ1n) is 16.2. The van der Waals surface area contributed by atoms with Crippen molar-refractivity contribution in [1.29, 1.82) is 0 Å². The molecule has 3 aromatic carbocycles. The van der Waals surface area contributed by atoms with Crippen LogP contribution in [0.25, 0.3) is 0 Å². The number of β-lactam (4-membered cyclic amide) rings is 1. The first kappa shape index (κ1) is 33.5. The van der Waals surface area contributed by atoms with Gasteiger partial charge < -0.3 is 23.6 Å². The van der Waals surface area contributed by atoms with Crippen molar-refractivity contribution in [2.45, 2.75) is 69.8 Å². The van der Waals surface area contributed by atoms with Crippen LogP contribution in [0.1, 0.15) is 37.8 Å². The lowest BCUT2D eigenvalue weighted by Crippen LogP contribution is -2.55.